The molecule has 0 aliphatic heterocycles. The summed E-state index contributed by atoms with van der Waals surface area (Å²) >= 11 is 3.07. The number of amidine groups is 1. The van der Waals surface area contributed by atoms with E-state index in [9.17, 15) is 13.4 Å². The number of nitrogens with zero attached hydrogens (tertiary/aromatic N) is 3. The number of aromatic nitrogens is 2. The molecule has 0 amide bonds. The van der Waals surface area contributed by atoms with Gasteiger partial charge in [-0.15, -0.1) is 0 Å². The van der Waals surface area contributed by atoms with Crippen LogP contribution in [-0.4, -0.2) is 45.7 Å². The van der Waals surface area contributed by atoms with Crippen LogP contribution in [0.15, 0.2) is 32.5 Å². The summed E-state index contributed by atoms with van der Waals surface area (Å²) in [6.45, 7) is 1.62. The number of halogens is 2. The molecule has 0 aliphatic rings. The number of hydrogen-bond donors (Lipinski definition) is 4. The Labute approximate surface area is 168 Å². The number of rotatable bonds is 8. The zero-order valence-corrected chi connectivity index (χ0v) is 17.2. The molecule has 14 heteroatoms. The quantitative estimate of drug-likeness (QED) is 0.148. The van der Waals surface area contributed by atoms with Gasteiger partial charge in [-0.2, -0.15) is 0 Å². The second-order valence-electron chi connectivity index (χ2n) is 5.40. The van der Waals surface area contributed by atoms with E-state index in [-0.39, 0.29) is 34.9 Å². The second-order valence-corrected chi connectivity index (χ2v) is 8.23. The first-order chi connectivity index (χ1) is 13.2. The number of nitrogens with one attached hydrogen (secondary N) is 4. The van der Waals surface area contributed by atoms with Crippen molar-refractivity contribution in [2.24, 2.45) is 5.16 Å². The second kappa shape index (κ2) is 9.57. The maximum atomic E-state index is 13.4. The van der Waals surface area contributed by atoms with E-state index >= 15 is 0 Å². The summed E-state index contributed by atoms with van der Waals surface area (Å²) < 4.78 is 39.4. The molecular formula is C14H17BrFN7O4S. The zero-order valence-electron chi connectivity index (χ0n) is 14.8. The SMILES string of the molecule is CC(=O)O/N=C(\Nc1ccc(F)c(Br)c1)c1nonc1NCCNS(C)(=N)=O. The fourth-order valence-electron chi connectivity index (χ4n) is 1.83. The van der Waals surface area contributed by atoms with Gasteiger partial charge in [-0.3, -0.25) is 0 Å². The van der Waals surface area contributed by atoms with Gasteiger partial charge in [0.2, 0.25) is 11.7 Å². The summed E-state index contributed by atoms with van der Waals surface area (Å²) in [5, 5.41) is 16.8. The Morgan fingerprint density at radius 3 is 2.82 bits per heavy atom. The molecule has 2 rings (SSSR count). The average molecular weight is 478 g/mol. The normalized spacial score (nSPS) is 13.6. The van der Waals surface area contributed by atoms with Crippen molar-refractivity contribution < 1.29 is 22.9 Å². The van der Waals surface area contributed by atoms with Crippen molar-refractivity contribution >= 4 is 49.2 Å². The Hall–Kier alpha value is -2.58. The van der Waals surface area contributed by atoms with E-state index in [0.717, 1.165) is 0 Å². The van der Waals surface area contributed by atoms with Crippen LogP contribution < -0.4 is 15.4 Å². The Morgan fingerprint density at radius 1 is 1.43 bits per heavy atom. The molecule has 1 unspecified atom stereocenters. The molecule has 0 radical (unpaired) electrons. The summed E-state index contributed by atoms with van der Waals surface area (Å²) in [4.78, 5) is 15.8. The molecule has 1 aromatic carbocycles. The third-order valence-electron chi connectivity index (χ3n) is 2.96. The third kappa shape index (κ3) is 6.86. The lowest BCUT2D eigenvalue weighted by Crippen LogP contribution is -2.27. The fraction of sp³-hybridized carbons (Fsp3) is 0.286. The molecule has 1 atom stereocenters. The molecule has 2 aromatic rings. The lowest BCUT2D eigenvalue weighted by molar-refractivity contribution is -0.140. The van der Waals surface area contributed by atoms with Gasteiger partial charge >= 0.3 is 5.97 Å². The van der Waals surface area contributed by atoms with Crippen molar-refractivity contribution in [1.82, 2.24) is 15.0 Å². The Bertz CT molecular complexity index is 980. The van der Waals surface area contributed by atoms with Crippen LogP contribution in [0.25, 0.3) is 0 Å². The molecule has 4 N–H and O–H groups in total. The van der Waals surface area contributed by atoms with Gasteiger partial charge in [-0.25, -0.2) is 27.5 Å². The first-order valence-corrected chi connectivity index (χ1v) is 10.4. The van der Waals surface area contributed by atoms with Crippen LogP contribution in [0.3, 0.4) is 0 Å². The van der Waals surface area contributed by atoms with Gasteiger partial charge < -0.3 is 15.5 Å². The molecule has 11 nitrogen and oxygen atoms in total. The molecule has 152 valence electrons. The first-order valence-electron chi connectivity index (χ1n) is 7.68. The molecule has 0 aliphatic carbocycles. The van der Waals surface area contributed by atoms with E-state index < -0.39 is 21.7 Å². The maximum Gasteiger partial charge on any atom is 0.332 e. The van der Waals surface area contributed by atoms with Gasteiger partial charge in [0.25, 0.3) is 0 Å². The molecule has 0 bridgehead atoms. The van der Waals surface area contributed by atoms with E-state index in [1.165, 1.54) is 31.4 Å². The molecule has 0 saturated carbocycles. The third-order valence-corrected chi connectivity index (χ3v) is 4.32. The topological polar surface area (TPSA) is 155 Å². The van der Waals surface area contributed by atoms with E-state index in [1.54, 1.807) is 0 Å². The van der Waals surface area contributed by atoms with Crippen molar-refractivity contribution in [3.63, 3.8) is 0 Å². The van der Waals surface area contributed by atoms with Crippen LogP contribution in [-0.2, 0) is 19.5 Å². The minimum Gasteiger partial charge on any atom is -0.364 e. The Kier molecular flexibility index (Phi) is 7.42. The summed E-state index contributed by atoms with van der Waals surface area (Å²) in [6.07, 6.45) is 1.25. The van der Waals surface area contributed by atoms with E-state index in [4.69, 9.17) is 9.41 Å². The lowest BCUT2D eigenvalue weighted by Gasteiger charge is -2.09. The number of carbonyl (C=O) groups is 1. The van der Waals surface area contributed by atoms with Gasteiger partial charge in [0.15, 0.2) is 5.69 Å². The fourth-order valence-corrected chi connectivity index (χ4v) is 2.70. The predicted molar refractivity (Wildman–Crippen MR) is 104 cm³/mol. The Balaban J connectivity index is 2.19. The summed E-state index contributed by atoms with van der Waals surface area (Å²) in [6, 6.07) is 4.13. The van der Waals surface area contributed by atoms with Crippen LogP contribution in [0.1, 0.15) is 12.6 Å². The molecule has 1 heterocycles. The van der Waals surface area contributed by atoms with Crippen molar-refractivity contribution in [2.75, 3.05) is 30.0 Å². The van der Waals surface area contributed by atoms with Crippen molar-refractivity contribution in [2.45, 2.75) is 6.92 Å². The monoisotopic (exact) mass is 477 g/mol. The molecule has 0 spiro atoms. The van der Waals surface area contributed by atoms with Crippen molar-refractivity contribution in [1.29, 1.82) is 4.78 Å². The highest BCUT2D eigenvalue weighted by molar-refractivity contribution is 9.10. The first kappa shape index (κ1) is 21.7. The van der Waals surface area contributed by atoms with E-state index in [0.29, 0.717) is 5.69 Å². The minimum atomic E-state index is -2.84. The van der Waals surface area contributed by atoms with Crippen LogP contribution in [0.5, 0.6) is 0 Å². The van der Waals surface area contributed by atoms with E-state index in [1.807, 2.05) is 0 Å². The predicted octanol–water partition coefficient (Wildman–Crippen LogP) is 1.90. The van der Waals surface area contributed by atoms with Gasteiger partial charge in [-0.1, -0.05) is 5.16 Å². The zero-order chi connectivity index (χ0) is 20.7. The van der Waals surface area contributed by atoms with Gasteiger partial charge in [0, 0.05) is 32.0 Å². The summed E-state index contributed by atoms with van der Waals surface area (Å²) in [5.41, 5.74) is 0.513. The molecule has 0 saturated heterocycles. The van der Waals surface area contributed by atoms with Crippen LogP contribution in [0.2, 0.25) is 0 Å². The Morgan fingerprint density at radius 2 is 2.18 bits per heavy atom. The number of anilines is 2. The smallest absolute Gasteiger partial charge is 0.332 e. The van der Waals surface area contributed by atoms with Gasteiger partial charge in [0.05, 0.1) is 4.47 Å². The maximum absolute atomic E-state index is 13.4. The number of oxime groups is 1. The van der Waals surface area contributed by atoms with Crippen molar-refractivity contribution in [3.05, 3.63) is 34.2 Å². The standard InChI is InChI=1S/C14H17BrFN7O4S/c1-8(24)26-22-14(20-9-3-4-11(16)10(15)7-9)12-13(23-27-21-12)18-5-6-19-28(2,17)25/h3-4,7H,5-6H2,1-2H3,(H,18,23)(H,20,22)(H2,17,19,25). The summed E-state index contributed by atoms with van der Waals surface area (Å²) in [7, 11) is -2.84. The number of hydrogen-bond acceptors (Lipinski definition) is 9. The van der Waals surface area contributed by atoms with Crippen LogP contribution in [0, 0.1) is 10.6 Å². The highest BCUT2D eigenvalue weighted by Crippen LogP contribution is 2.21. The molecule has 0 fully saturated rings. The molecule has 28 heavy (non-hydrogen) atoms. The molecular weight excluding hydrogens is 461 g/mol. The highest BCUT2D eigenvalue weighted by atomic mass is 79.9. The van der Waals surface area contributed by atoms with Gasteiger partial charge in [0.1, 0.15) is 15.7 Å². The summed E-state index contributed by atoms with van der Waals surface area (Å²) in [5.74, 6) is -0.981. The van der Waals surface area contributed by atoms with Crippen molar-refractivity contribution in [3.8, 4) is 0 Å². The molecule has 1 aromatic heterocycles. The minimum absolute atomic E-state index is 0.0230. The number of carbonyl (C=O) groups excluding carboxylic acids is 1. The van der Waals surface area contributed by atoms with Gasteiger partial charge in [-0.05, 0) is 44.4 Å². The van der Waals surface area contributed by atoms with Crippen LogP contribution in [0.4, 0.5) is 15.9 Å². The largest absolute Gasteiger partial charge is 0.364 e. The number of benzene rings is 1. The lowest BCUT2D eigenvalue weighted by atomic mass is 10.3. The van der Waals surface area contributed by atoms with E-state index in [2.05, 4.69) is 51.6 Å². The van der Waals surface area contributed by atoms with Crippen LogP contribution >= 0.6 is 15.9 Å². The average Bonchev–Trinajstić information content (AvgIpc) is 3.06. The highest BCUT2D eigenvalue weighted by Gasteiger charge is 2.18.